The van der Waals surface area contributed by atoms with Crippen LogP contribution in [0.2, 0.25) is 0 Å². The minimum Gasteiger partial charge on any atom is -0.379 e. The van der Waals surface area contributed by atoms with Crippen molar-refractivity contribution in [3.63, 3.8) is 0 Å². The number of carbonyl (C=O) groups excluding carboxylic acids is 1. The Balaban J connectivity index is 1.96. The molecule has 0 spiro atoms. The number of rotatable bonds is 4. The number of allylic oxidation sites excluding steroid dienone is 1. The fraction of sp³-hybridized carbons (Fsp3) is 0.609. The maximum absolute atomic E-state index is 13.0. The molecule has 0 aromatic heterocycles. The van der Waals surface area contributed by atoms with Crippen molar-refractivity contribution in [3.05, 3.63) is 40.5 Å². The van der Waals surface area contributed by atoms with Crippen molar-refractivity contribution in [3.8, 4) is 0 Å². The van der Waals surface area contributed by atoms with Crippen LogP contribution < -0.4 is 10.6 Å². The van der Waals surface area contributed by atoms with E-state index in [1.54, 1.807) is 0 Å². The molecule has 1 heterocycles. The van der Waals surface area contributed by atoms with Crippen molar-refractivity contribution in [2.75, 3.05) is 7.05 Å². The number of benzene rings is 1. The summed E-state index contributed by atoms with van der Waals surface area (Å²) in [7, 11) is 1.98. The van der Waals surface area contributed by atoms with E-state index in [0.717, 1.165) is 31.5 Å². The molecular formula is C23H34N2O. The lowest BCUT2D eigenvalue weighted by molar-refractivity contribution is -0.118. The average molecular weight is 355 g/mol. The molecule has 0 amide bonds. The van der Waals surface area contributed by atoms with Crippen molar-refractivity contribution in [2.45, 2.75) is 77.8 Å². The van der Waals surface area contributed by atoms with Gasteiger partial charge in [0.2, 0.25) is 0 Å². The number of aryl methyl sites for hydroxylation is 1. The third-order valence-corrected chi connectivity index (χ3v) is 5.87. The van der Waals surface area contributed by atoms with Crippen LogP contribution in [0.1, 0.15) is 74.6 Å². The van der Waals surface area contributed by atoms with Crippen LogP contribution in [-0.4, -0.2) is 18.4 Å². The molecule has 2 aliphatic rings. The van der Waals surface area contributed by atoms with Gasteiger partial charge in [-0.3, -0.25) is 4.79 Å². The highest BCUT2D eigenvalue weighted by Gasteiger charge is 2.29. The normalized spacial score (nSPS) is 21.8. The number of nitrogens with one attached hydrogen (secondary N) is 2. The van der Waals surface area contributed by atoms with Crippen LogP contribution in [-0.2, 0) is 17.8 Å². The Morgan fingerprint density at radius 1 is 1.23 bits per heavy atom. The first-order valence-electron chi connectivity index (χ1n) is 10.2. The van der Waals surface area contributed by atoms with Crippen LogP contribution in [0.15, 0.2) is 18.2 Å². The zero-order chi connectivity index (χ0) is 18.7. The van der Waals surface area contributed by atoms with Gasteiger partial charge in [-0.1, -0.05) is 31.7 Å². The maximum atomic E-state index is 13.0. The number of ketones is 1. The molecule has 1 saturated carbocycles. The molecule has 2 N–H and O–H groups in total. The largest absolute Gasteiger partial charge is 0.379 e. The van der Waals surface area contributed by atoms with E-state index in [2.05, 4.69) is 43.5 Å². The van der Waals surface area contributed by atoms with Crippen LogP contribution in [0.25, 0.3) is 5.70 Å². The van der Waals surface area contributed by atoms with Gasteiger partial charge in [-0.05, 0) is 69.8 Å². The van der Waals surface area contributed by atoms with Crippen molar-refractivity contribution < 1.29 is 4.79 Å². The minimum atomic E-state index is -0.0282. The lowest BCUT2D eigenvalue weighted by atomic mass is 9.83. The van der Waals surface area contributed by atoms with Gasteiger partial charge in [-0.25, -0.2) is 0 Å². The minimum absolute atomic E-state index is 0.0282. The monoisotopic (exact) mass is 354 g/mol. The summed E-state index contributed by atoms with van der Waals surface area (Å²) in [6.45, 7) is 7.47. The van der Waals surface area contributed by atoms with E-state index >= 15 is 0 Å². The van der Waals surface area contributed by atoms with Crippen LogP contribution in [0.5, 0.6) is 0 Å². The Morgan fingerprint density at radius 2 is 1.92 bits per heavy atom. The van der Waals surface area contributed by atoms with E-state index in [1.165, 1.54) is 47.9 Å². The van der Waals surface area contributed by atoms with Gasteiger partial charge in [-0.2, -0.15) is 0 Å². The lowest BCUT2D eigenvalue weighted by Gasteiger charge is -2.36. The summed E-state index contributed by atoms with van der Waals surface area (Å²) in [6, 6.07) is 4.59. The van der Waals surface area contributed by atoms with Crippen molar-refractivity contribution in [1.82, 2.24) is 10.6 Å². The topological polar surface area (TPSA) is 41.1 Å². The Labute approximate surface area is 158 Å². The number of carbonyl (C=O) groups is 1. The van der Waals surface area contributed by atoms with E-state index < -0.39 is 0 Å². The molecule has 142 valence electrons. The first-order chi connectivity index (χ1) is 12.4. The van der Waals surface area contributed by atoms with Gasteiger partial charge in [0.1, 0.15) is 0 Å². The second-order valence-corrected chi connectivity index (χ2v) is 8.80. The average Bonchev–Trinajstić information content (AvgIpc) is 2.85. The molecule has 0 unspecified atom stereocenters. The van der Waals surface area contributed by atoms with Crippen LogP contribution in [0, 0.1) is 12.8 Å². The SMILES string of the molecule is CNCc1cc2c(cc1C)CC(C)(C)N/C2=C/C(=O)C1CCCCCC1. The summed E-state index contributed by atoms with van der Waals surface area (Å²) in [4.78, 5) is 13.0. The third-order valence-electron chi connectivity index (χ3n) is 5.87. The van der Waals surface area contributed by atoms with Gasteiger partial charge in [0, 0.05) is 35.3 Å². The summed E-state index contributed by atoms with van der Waals surface area (Å²) < 4.78 is 0. The smallest absolute Gasteiger partial charge is 0.160 e. The second-order valence-electron chi connectivity index (χ2n) is 8.80. The lowest BCUT2D eigenvalue weighted by Crippen LogP contribution is -2.44. The van der Waals surface area contributed by atoms with Gasteiger partial charge < -0.3 is 10.6 Å². The predicted octanol–water partition coefficient (Wildman–Crippen LogP) is 4.52. The Kier molecular flexibility index (Phi) is 5.86. The van der Waals surface area contributed by atoms with E-state index in [-0.39, 0.29) is 11.5 Å². The molecular weight excluding hydrogens is 320 g/mol. The second kappa shape index (κ2) is 7.96. The molecule has 0 bridgehead atoms. The number of fused-ring (bicyclic) bond motifs is 1. The maximum Gasteiger partial charge on any atom is 0.160 e. The molecule has 1 aliphatic heterocycles. The molecule has 0 saturated heterocycles. The molecule has 3 nitrogen and oxygen atoms in total. The zero-order valence-corrected chi connectivity index (χ0v) is 16.9. The predicted molar refractivity (Wildman–Crippen MR) is 109 cm³/mol. The van der Waals surface area contributed by atoms with Crippen LogP contribution in [0.4, 0.5) is 0 Å². The molecule has 3 rings (SSSR count). The van der Waals surface area contributed by atoms with Crippen LogP contribution in [0.3, 0.4) is 0 Å². The van der Waals surface area contributed by atoms with Crippen LogP contribution >= 0.6 is 0 Å². The molecule has 26 heavy (non-hydrogen) atoms. The van der Waals surface area contributed by atoms with E-state index in [4.69, 9.17) is 0 Å². The fourth-order valence-corrected chi connectivity index (χ4v) is 4.48. The highest BCUT2D eigenvalue weighted by Crippen LogP contribution is 2.33. The van der Waals surface area contributed by atoms with Crippen molar-refractivity contribution >= 4 is 11.5 Å². The zero-order valence-electron chi connectivity index (χ0n) is 16.9. The Morgan fingerprint density at radius 3 is 2.58 bits per heavy atom. The Hall–Kier alpha value is -1.61. The highest BCUT2D eigenvalue weighted by molar-refractivity contribution is 5.98. The number of hydrogen-bond donors (Lipinski definition) is 2. The molecule has 1 aliphatic carbocycles. The summed E-state index contributed by atoms with van der Waals surface area (Å²) in [5.74, 6) is 0.524. The highest BCUT2D eigenvalue weighted by atomic mass is 16.1. The van der Waals surface area contributed by atoms with Gasteiger partial charge >= 0.3 is 0 Å². The molecule has 3 heteroatoms. The first kappa shape index (κ1) is 19.2. The quantitative estimate of drug-likeness (QED) is 0.617. The van der Waals surface area contributed by atoms with Gasteiger partial charge in [0.25, 0.3) is 0 Å². The molecule has 1 aromatic carbocycles. The fourth-order valence-electron chi connectivity index (χ4n) is 4.48. The first-order valence-corrected chi connectivity index (χ1v) is 10.2. The van der Waals surface area contributed by atoms with E-state index in [1.807, 2.05) is 13.1 Å². The molecule has 1 aromatic rings. The summed E-state index contributed by atoms with van der Waals surface area (Å²) in [5.41, 5.74) is 6.18. The standard InChI is InChI=1S/C23H34N2O/c1-16-11-18-14-23(2,3)25-21(20(18)12-19(16)15-24-4)13-22(26)17-9-7-5-6-8-10-17/h11-13,17,24-25H,5-10,14-15H2,1-4H3/b21-13+. The summed E-state index contributed by atoms with van der Waals surface area (Å²) in [5, 5.41) is 6.90. The summed E-state index contributed by atoms with van der Waals surface area (Å²) in [6.07, 6.45) is 9.95. The summed E-state index contributed by atoms with van der Waals surface area (Å²) >= 11 is 0. The van der Waals surface area contributed by atoms with Gasteiger partial charge in [0.05, 0.1) is 0 Å². The molecule has 0 radical (unpaired) electrons. The van der Waals surface area contributed by atoms with E-state index in [0.29, 0.717) is 5.78 Å². The van der Waals surface area contributed by atoms with Gasteiger partial charge in [-0.15, -0.1) is 0 Å². The van der Waals surface area contributed by atoms with E-state index in [9.17, 15) is 4.79 Å². The molecule has 0 atom stereocenters. The molecule has 1 fully saturated rings. The Bertz CT molecular complexity index is 694. The van der Waals surface area contributed by atoms with Crippen molar-refractivity contribution in [2.24, 2.45) is 5.92 Å². The van der Waals surface area contributed by atoms with Gasteiger partial charge in [0.15, 0.2) is 5.78 Å². The van der Waals surface area contributed by atoms with Crippen molar-refractivity contribution in [1.29, 1.82) is 0 Å². The third kappa shape index (κ3) is 4.37. The number of hydrogen-bond acceptors (Lipinski definition) is 3.